The monoisotopic (exact) mass is 468 g/mol. The molecule has 33 heavy (non-hydrogen) atoms. The number of hydrogen-bond donors (Lipinski definition) is 2. The molecule has 0 unspecified atom stereocenters. The molecule has 0 bridgehead atoms. The number of nitrogens with zero attached hydrogens (tertiary/aromatic N) is 2. The molecule has 7 nitrogen and oxygen atoms in total. The van der Waals surface area contributed by atoms with Crippen LogP contribution in [-0.2, 0) is 16.6 Å². The van der Waals surface area contributed by atoms with Crippen molar-refractivity contribution in [3.8, 4) is 17.2 Å². The number of anilines is 1. The first-order valence-corrected chi connectivity index (χ1v) is 12.4. The molecule has 1 fully saturated rings. The van der Waals surface area contributed by atoms with Crippen molar-refractivity contribution in [1.29, 1.82) is 0 Å². The van der Waals surface area contributed by atoms with Gasteiger partial charge in [0.05, 0.1) is 17.1 Å². The van der Waals surface area contributed by atoms with Crippen molar-refractivity contribution in [2.75, 3.05) is 30.5 Å². The van der Waals surface area contributed by atoms with Crippen LogP contribution in [0.25, 0.3) is 0 Å². The minimum Gasteiger partial charge on any atom is -0.508 e. The smallest absolute Gasteiger partial charge is 0.264 e. The second-order valence-corrected chi connectivity index (χ2v) is 9.93. The number of sulfonamides is 1. The lowest BCUT2D eigenvalue weighted by Gasteiger charge is -2.25. The first-order chi connectivity index (χ1) is 15.9. The molecule has 1 aliphatic rings. The van der Waals surface area contributed by atoms with Crippen LogP contribution in [0.15, 0.2) is 77.7 Å². The van der Waals surface area contributed by atoms with Gasteiger partial charge >= 0.3 is 0 Å². The number of ether oxygens (including phenoxy) is 1. The van der Waals surface area contributed by atoms with Crippen molar-refractivity contribution < 1.29 is 23.4 Å². The van der Waals surface area contributed by atoms with Crippen molar-refractivity contribution in [3.63, 3.8) is 0 Å². The van der Waals surface area contributed by atoms with E-state index in [1.165, 1.54) is 53.5 Å². The Kier molecular flexibility index (Phi) is 7.05. The maximum atomic E-state index is 13.5. The summed E-state index contributed by atoms with van der Waals surface area (Å²) in [5.41, 5.74) is 1.21. The Morgan fingerprint density at radius 3 is 2.00 bits per heavy atom. The molecular weight excluding hydrogens is 440 g/mol. The van der Waals surface area contributed by atoms with Crippen molar-refractivity contribution in [1.82, 2.24) is 4.90 Å². The van der Waals surface area contributed by atoms with Crippen LogP contribution in [0.3, 0.4) is 0 Å². The predicted molar refractivity (Wildman–Crippen MR) is 127 cm³/mol. The first-order valence-electron chi connectivity index (χ1n) is 11.0. The highest BCUT2D eigenvalue weighted by atomic mass is 32.2. The largest absolute Gasteiger partial charge is 0.508 e. The Hall–Kier alpha value is -3.23. The molecule has 1 aliphatic heterocycles. The van der Waals surface area contributed by atoms with Gasteiger partial charge in [0.2, 0.25) is 0 Å². The Morgan fingerprint density at radius 2 is 1.39 bits per heavy atom. The summed E-state index contributed by atoms with van der Waals surface area (Å²) in [5.74, 6) is 0.793. The van der Waals surface area contributed by atoms with Gasteiger partial charge in [-0.05, 0) is 92.2 Å². The van der Waals surface area contributed by atoms with Gasteiger partial charge in [0.15, 0.2) is 0 Å². The van der Waals surface area contributed by atoms with Gasteiger partial charge in [-0.2, -0.15) is 0 Å². The number of likely N-dealkylation sites (tertiary alicyclic amines) is 1. The van der Waals surface area contributed by atoms with Crippen molar-refractivity contribution >= 4 is 15.7 Å². The number of aromatic hydroxyl groups is 2. The van der Waals surface area contributed by atoms with Gasteiger partial charge < -0.3 is 14.9 Å². The fourth-order valence-electron chi connectivity index (χ4n) is 3.84. The van der Waals surface area contributed by atoms with E-state index in [2.05, 4.69) is 4.90 Å². The topological polar surface area (TPSA) is 90.3 Å². The van der Waals surface area contributed by atoms with Crippen molar-refractivity contribution in [3.05, 3.63) is 78.4 Å². The van der Waals surface area contributed by atoms with E-state index in [9.17, 15) is 18.6 Å². The molecule has 3 aromatic rings. The molecule has 1 saturated heterocycles. The van der Waals surface area contributed by atoms with Gasteiger partial charge in [-0.1, -0.05) is 12.1 Å². The Morgan fingerprint density at radius 1 is 0.818 bits per heavy atom. The summed E-state index contributed by atoms with van der Waals surface area (Å²) in [4.78, 5) is 2.45. The van der Waals surface area contributed by atoms with E-state index in [1.807, 2.05) is 0 Å². The summed E-state index contributed by atoms with van der Waals surface area (Å²) in [5, 5.41) is 19.1. The molecule has 0 aromatic heterocycles. The third kappa shape index (κ3) is 5.77. The van der Waals surface area contributed by atoms with E-state index < -0.39 is 10.0 Å². The predicted octanol–water partition coefficient (Wildman–Crippen LogP) is 3.97. The Balaban J connectivity index is 1.55. The lowest BCUT2D eigenvalue weighted by atomic mass is 10.2. The standard InChI is InChI=1S/C25H28N2O5S/c28-22-7-3-20(4-8-22)19-27(33(30,31)25-13-9-23(29)10-14-25)21-5-11-24(12-6-21)32-18-17-26-15-1-2-16-26/h3-14,28-29H,1-2,15-19H2. The molecule has 4 rings (SSSR count). The molecule has 0 radical (unpaired) electrons. The molecule has 0 saturated carbocycles. The van der Waals surface area contributed by atoms with Crippen molar-refractivity contribution in [2.24, 2.45) is 0 Å². The van der Waals surface area contributed by atoms with Gasteiger partial charge in [-0.15, -0.1) is 0 Å². The van der Waals surface area contributed by atoms with Crippen LogP contribution in [0.4, 0.5) is 5.69 Å². The molecule has 0 amide bonds. The molecule has 0 atom stereocenters. The lowest BCUT2D eigenvalue weighted by Crippen LogP contribution is -2.30. The molecular formula is C25H28N2O5S. The van der Waals surface area contributed by atoms with Gasteiger partial charge in [0.25, 0.3) is 10.0 Å². The molecule has 0 aliphatic carbocycles. The Labute approximate surface area is 194 Å². The summed E-state index contributed by atoms with van der Waals surface area (Å²) in [6.07, 6.45) is 2.47. The van der Waals surface area contributed by atoms with E-state index in [1.54, 1.807) is 36.4 Å². The summed E-state index contributed by atoms with van der Waals surface area (Å²) < 4.78 is 34.1. The number of hydrogen-bond acceptors (Lipinski definition) is 6. The lowest BCUT2D eigenvalue weighted by molar-refractivity contribution is 0.238. The quantitative estimate of drug-likeness (QED) is 0.494. The number of rotatable bonds is 9. The number of benzene rings is 3. The SMILES string of the molecule is O=S(=O)(c1ccc(O)cc1)N(Cc1ccc(O)cc1)c1ccc(OCCN2CCCC2)cc1. The molecule has 174 valence electrons. The first kappa shape index (κ1) is 22.9. The van der Waals surface area contributed by atoms with Crippen LogP contribution in [0.2, 0.25) is 0 Å². The zero-order chi connectivity index (χ0) is 23.3. The minimum atomic E-state index is -3.91. The second kappa shape index (κ2) is 10.1. The van der Waals surface area contributed by atoms with Gasteiger partial charge in [0, 0.05) is 6.54 Å². The average molecular weight is 469 g/mol. The second-order valence-electron chi connectivity index (χ2n) is 8.06. The van der Waals surface area contributed by atoms with E-state index in [0.717, 1.165) is 25.2 Å². The summed E-state index contributed by atoms with van der Waals surface area (Å²) in [7, 11) is -3.91. The van der Waals surface area contributed by atoms with Crippen molar-refractivity contribution in [2.45, 2.75) is 24.3 Å². The zero-order valence-electron chi connectivity index (χ0n) is 18.3. The maximum absolute atomic E-state index is 13.5. The molecule has 1 heterocycles. The number of phenols is 2. The summed E-state index contributed by atoms with van der Waals surface area (Å²) >= 11 is 0. The Bertz CT molecular complexity index is 1140. The van der Waals surface area contributed by atoms with Gasteiger partial charge in [-0.25, -0.2) is 8.42 Å². The van der Waals surface area contributed by atoms with Crippen LogP contribution >= 0.6 is 0 Å². The molecule has 2 N–H and O–H groups in total. The third-order valence-corrected chi connectivity index (χ3v) is 7.47. The van der Waals surface area contributed by atoms with E-state index >= 15 is 0 Å². The minimum absolute atomic E-state index is 0.00512. The van der Waals surface area contributed by atoms with E-state index in [0.29, 0.717) is 18.0 Å². The molecule has 0 spiro atoms. The normalized spacial score (nSPS) is 14.3. The number of phenolic OH excluding ortho intramolecular Hbond substituents is 2. The summed E-state index contributed by atoms with van der Waals surface area (Å²) in [6, 6.07) is 18.9. The maximum Gasteiger partial charge on any atom is 0.264 e. The molecule has 8 heteroatoms. The average Bonchev–Trinajstić information content (AvgIpc) is 3.33. The van der Waals surface area contributed by atoms with Crippen LogP contribution in [0, 0.1) is 0 Å². The fourth-order valence-corrected chi connectivity index (χ4v) is 5.29. The van der Waals surface area contributed by atoms with Gasteiger partial charge in [0.1, 0.15) is 23.9 Å². The van der Waals surface area contributed by atoms with E-state index in [4.69, 9.17) is 4.74 Å². The third-order valence-electron chi connectivity index (χ3n) is 5.69. The van der Waals surface area contributed by atoms with Crippen LogP contribution in [-0.4, -0.2) is 49.8 Å². The highest BCUT2D eigenvalue weighted by Gasteiger charge is 2.25. The highest BCUT2D eigenvalue weighted by Crippen LogP contribution is 2.29. The van der Waals surface area contributed by atoms with Gasteiger partial charge in [-0.3, -0.25) is 9.21 Å². The van der Waals surface area contributed by atoms with E-state index in [-0.39, 0.29) is 22.9 Å². The molecule has 3 aromatic carbocycles. The fraction of sp³-hybridized carbons (Fsp3) is 0.280. The van der Waals surface area contributed by atoms with Crippen LogP contribution in [0.5, 0.6) is 17.2 Å². The van der Waals surface area contributed by atoms with Crippen LogP contribution in [0.1, 0.15) is 18.4 Å². The summed E-state index contributed by atoms with van der Waals surface area (Å²) in [6.45, 7) is 3.78. The van der Waals surface area contributed by atoms with Crippen LogP contribution < -0.4 is 9.04 Å². The zero-order valence-corrected chi connectivity index (χ0v) is 19.1. The highest BCUT2D eigenvalue weighted by molar-refractivity contribution is 7.92.